The summed E-state index contributed by atoms with van der Waals surface area (Å²) in [5, 5.41) is 3.16. The van der Waals surface area contributed by atoms with Gasteiger partial charge < -0.3 is 10.1 Å². The highest BCUT2D eigenvalue weighted by Crippen LogP contribution is 2.13. The van der Waals surface area contributed by atoms with E-state index in [2.05, 4.69) is 5.32 Å². The Labute approximate surface area is 113 Å². The van der Waals surface area contributed by atoms with Crippen molar-refractivity contribution in [3.05, 3.63) is 59.9 Å². The van der Waals surface area contributed by atoms with Crippen molar-refractivity contribution in [2.24, 2.45) is 0 Å². The summed E-state index contributed by atoms with van der Waals surface area (Å²) in [4.78, 5) is 0. The molecule has 0 aromatic heterocycles. The lowest BCUT2D eigenvalue weighted by atomic mass is 10.2. The number of anilines is 1. The van der Waals surface area contributed by atoms with Crippen LogP contribution in [0.25, 0.3) is 0 Å². The van der Waals surface area contributed by atoms with Gasteiger partial charge in [-0.25, -0.2) is 4.39 Å². The van der Waals surface area contributed by atoms with E-state index in [4.69, 9.17) is 4.74 Å². The Bertz CT molecular complexity index is 480. The number of hydrogen-bond donors (Lipinski definition) is 1. The number of ether oxygens (including phenoxy) is 1. The number of rotatable bonds is 6. The molecule has 0 saturated heterocycles. The molecule has 0 saturated carbocycles. The predicted molar refractivity (Wildman–Crippen MR) is 76.2 cm³/mol. The third-order valence-electron chi connectivity index (χ3n) is 2.73. The summed E-state index contributed by atoms with van der Waals surface area (Å²) in [5.74, 6) is 0.673. The first-order chi connectivity index (χ1) is 9.24. The highest BCUT2D eigenvalue weighted by atomic mass is 19.1. The zero-order valence-electron chi connectivity index (χ0n) is 11.0. The van der Waals surface area contributed by atoms with Crippen molar-refractivity contribution in [3.63, 3.8) is 0 Å². The van der Waals surface area contributed by atoms with Crippen LogP contribution in [0.15, 0.2) is 48.5 Å². The van der Waals surface area contributed by atoms with Gasteiger partial charge in [-0.05, 0) is 49.2 Å². The Morgan fingerprint density at radius 3 is 2.74 bits per heavy atom. The first-order valence-corrected chi connectivity index (χ1v) is 6.43. The molecule has 100 valence electrons. The van der Waals surface area contributed by atoms with Gasteiger partial charge >= 0.3 is 0 Å². The third kappa shape index (κ3) is 4.62. The number of nitrogens with one attached hydrogen (secondary N) is 1. The molecule has 1 N–H and O–H groups in total. The van der Waals surface area contributed by atoms with Gasteiger partial charge in [-0.1, -0.05) is 18.2 Å². The standard InChI is InChI=1S/C16H18FNO/c1-13-5-2-8-16(11-13)19-10-4-9-18-15-7-3-6-14(17)12-15/h2-3,5-8,11-12,18H,4,9-10H2,1H3. The van der Waals surface area contributed by atoms with E-state index in [0.29, 0.717) is 6.61 Å². The van der Waals surface area contributed by atoms with Crippen LogP contribution in [0.4, 0.5) is 10.1 Å². The van der Waals surface area contributed by atoms with E-state index in [-0.39, 0.29) is 5.82 Å². The summed E-state index contributed by atoms with van der Waals surface area (Å²) < 4.78 is 18.6. The third-order valence-corrected chi connectivity index (χ3v) is 2.73. The van der Waals surface area contributed by atoms with Gasteiger partial charge in [0.2, 0.25) is 0 Å². The lowest BCUT2D eigenvalue weighted by Gasteiger charge is -2.08. The van der Waals surface area contributed by atoms with Gasteiger partial charge in [-0.3, -0.25) is 0 Å². The van der Waals surface area contributed by atoms with Crippen molar-refractivity contribution in [3.8, 4) is 5.75 Å². The molecule has 0 aliphatic carbocycles. The zero-order valence-corrected chi connectivity index (χ0v) is 11.0. The highest BCUT2D eigenvalue weighted by Gasteiger charge is 1.96. The minimum absolute atomic E-state index is 0.221. The average Bonchev–Trinajstić information content (AvgIpc) is 2.38. The fraction of sp³-hybridized carbons (Fsp3) is 0.250. The normalized spacial score (nSPS) is 10.2. The van der Waals surface area contributed by atoms with Crippen molar-refractivity contribution in [2.45, 2.75) is 13.3 Å². The summed E-state index contributed by atoms with van der Waals surface area (Å²) in [6, 6.07) is 14.5. The molecule has 0 heterocycles. The number of halogens is 1. The maximum atomic E-state index is 12.9. The second-order valence-electron chi connectivity index (χ2n) is 4.46. The molecular formula is C16H18FNO. The molecule has 0 aliphatic heterocycles. The minimum Gasteiger partial charge on any atom is -0.494 e. The Morgan fingerprint density at radius 1 is 1.11 bits per heavy atom. The van der Waals surface area contributed by atoms with Gasteiger partial charge in [0.1, 0.15) is 11.6 Å². The molecular weight excluding hydrogens is 241 g/mol. The Balaban J connectivity index is 1.67. The fourth-order valence-corrected chi connectivity index (χ4v) is 1.80. The molecule has 2 aromatic carbocycles. The number of hydrogen-bond acceptors (Lipinski definition) is 2. The second kappa shape index (κ2) is 6.78. The summed E-state index contributed by atoms with van der Waals surface area (Å²) in [7, 11) is 0. The van der Waals surface area contributed by atoms with Crippen LogP contribution in [0.3, 0.4) is 0 Å². The second-order valence-corrected chi connectivity index (χ2v) is 4.46. The Hall–Kier alpha value is -2.03. The van der Waals surface area contributed by atoms with E-state index < -0.39 is 0 Å². The van der Waals surface area contributed by atoms with Gasteiger partial charge in [0.15, 0.2) is 0 Å². The molecule has 0 bridgehead atoms. The summed E-state index contributed by atoms with van der Waals surface area (Å²) in [5.41, 5.74) is 1.99. The van der Waals surface area contributed by atoms with Crippen LogP contribution >= 0.6 is 0 Å². The molecule has 19 heavy (non-hydrogen) atoms. The largest absolute Gasteiger partial charge is 0.494 e. The lowest BCUT2D eigenvalue weighted by molar-refractivity contribution is 0.315. The van der Waals surface area contributed by atoms with Crippen LogP contribution in [-0.2, 0) is 0 Å². The first-order valence-electron chi connectivity index (χ1n) is 6.43. The van der Waals surface area contributed by atoms with Crippen molar-refractivity contribution >= 4 is 5.69 Å². The van der Waals surface area contributed by atoms with Crippen molar-refractivity contribution in [1.29, 1.82) is 0 Å². The first kappa shape index (κ1) is 13.4. The molecule has 0 atom stereocenters. The molecule has 0 fully saturated rings. The molecule has 0 radical (unpaired) electrons. The Morgan fingerprint density at radius 2 is 1.95 bits per heavy atom. The summed E-state index contributed by atoms with van der Waals surface area (Å²) in [6.45, 7) is 3.44. The topological polar surface area (TPSA) is 21.3 Å². The van der Waals surface area contributed by atoms with E-state index in [1.54, 1.807) is 6.07 Å². The van der Waals surface area contributed by atoms with Crippen molar-refractivity contribution < 1.29 is 9.13 Å². The van der Waals surface area contributed by atoms with Crippen LogP contribution in [0.5, 0.6) is 5.75 Å². The Kier molecular flexibility index (Phi) is 4.78. The maximum absolute atomic E-state index is 12.9. The van der Waals surface area contributed by atoms with E-state index in [1.165, 1.54) is 17.7 Å². The zero-order chi connectivity index (χ0) is 13.5. The van der Waals surface area contributed by atoms with Gasteiger partial charge in [0, 0.05) is 12.2 Å². The average molecular weight is 259 g/mol. The van der Waals surface area contributed by atoms with Crippen LogP contribution < -0.4 is 10.1 Å². The summed E-state index contributed by atoms with van der Waals surface area (Å²) >= 11 is 0. The van der Waals surface area contributed by atoms with Crippen LogP contribution in [0, 0.1) is 12.7 Å². The van der Waals surface area contributed by atoms with Gasteiger partial charge in [0.25, 0.3) is 0 Å². The van der Waals surface area contributed by atoms with E-state index in [9.17, 15) is 4.39 Å². The maximum Gasteiger partial charge on any atom is 0.125 e. The minimum atomic E-state index is -0.221. The van der Waals surface area contributed by atoms with E-state index in [1.807, 2.05) is 37.3 Å². The van der Waals surface area contributed by atoms with Crippen LogP contribution in [-0.4, -0.2) is 13.2 Å². The molecule has 0 aliphatic rings. The molecule has 0 spiro atoms. The SMILES string of the molecule is Cc1cccc(OCCCNc2cccc(F)c2)c1. The number of aryl methyl sites for hydroxylation is 1. The van der Waals surface area contributed by atoms with E-state index in [0.717, 1.165) is 24.4 Å². The molecule has 0 amide bonds. The predicted octanol–water partition coefficient (Wildman–Crippen LogP) is 4.02. The van der Waals surface area contributed by atoms with E-state index >= 15 is 0 Å². The smallest absolute Gasteiger partial charge is 0.125 e. The fourth-order valence-electron chi connectivity index (χ4n) is 1.80. The quantitative estimate of drug-likeness (QED) is 0.791. The van der Waals surface area contributed by atoms with Crippen LogP contribution in [0.2, 0.25) is 0 Å². The highest BCUT2D eigenvalue weighted by molar-refractivity contribution is 5.42. The van der Waals surface area contributed by atoms with Gasteiger partial charge in [0.05, 0.1) is 6.61 Å². The molecule has 3 heteroatoms. The van der Waals surface area contributed by atoms with Crippen molar-refractivity contribution in [1.82, 2.24) is 0 Å². The number of benzene rings is 2. The molecule has 2 nitrogen and oxygen atoms in total. The molecule has 2 aromatic rings. The summed E-state index contributed by atoms with van der Waals surface area (Å²) in [6.07, 6.45) is 0.866. The molecule has 0 unspecified atom stereocenters. The van der Waals surface area contributed by atoms with Gasteiger partial charge in [-0.15, -0.1) is 0 Å². The molecule has 2 rings (SSSR count). The van der Waals surface area contributed by atoms with Gasteiger partial charge in [-0.2, -0.15) is 0 Å². The monoisotopic (exact) mass is 259 g/mol. The van der Waals surface area contributed by atoms with Crippen LogP contribution in [0.1, 0.15) is 12.0 Å². The van der Waals surface area contributed by atoms with Crippen molar-refractivity contribution in [2.75, 3.05) is 18.5 Å². The lowest BCUT2D eigenvalue weighted by Crippen LogP contribution is -2.07.